The van der Waals surface area contributed by atoms with Crippen LogP contribution in [0, 0.1) is 18.3 Å². The Kier molecular flexibility index (Phi) is 5.58. The molecule has 7 nitrogen and oxygen atoms in total. The summed E-state index contributed by atoms with van der Waals surface area (Å²) in [7, 11) is 0. The Labute approximate surface area is 200 Å². The van der Waals surface area contributed by atoms with Crippen molar-refractivity contribution in [3.63, 3.8) is 0 Å². The number of halogens is 1. The van der Waals surface area contributed by atoms with Crippen LogP contribution in [0.15, 0.2) is 87.4 Å². The number of aromatic nitrogens is 2. The number of oxazole rings is 1. The summed E-state index contributed by atoms with van der Waals surface area (Å²) in [6.07, 6.45) is 0. The summed E-state index contributed by atoms with van der Waals surface area (Å²) in [6.45, 7) is 2.40. The summed E-state index contributed by atoms with van der Waals surface area (Å²) in [4.78, 5) is 4.23. The van der Waals surface area contributed by atoms with Gasteiger partial charge in [0.1, 0.15) is 6.07 Å². The number of para-hydroxylation sites is 1. The minimum atomic E-state index is -0.0447. The van der Waals surface area contributed by atoms with Crippen molar-refractivity contribution in [1.82, 2.24) is 9.55 Å². The Balaban J connectivity index is 1.54. The monoisotopic (exact) mass is 467 g/mol. The van der Waals surface area contributed by atoms with Crippen molar-refractivity contribution in [2.24, 2.45) is 10.2 Å². The van der Waals surface area contributed by atoms with Crippen molar-refractivity contribution in [2.75, 3.05) is 0 Å². The molecule has 34 heavy (non-hydrogen) atoms. The predicted molar refractivity (Wildman–Crippen MR) is 130 cm³/mol. The Morgan fingerprint density at radius 2 is 1.76 bits per heavy atom. The van der Waals surface area contributed by atoms with Crippen molar-refractivity contribution in [2.45, 2.75) is 13.5 Å². The van der Waals surface area contributed by atoms with Crippen LogP contribution in [0.4, 0.5) is 11.6 Å². The molecule has 2 aromatic heterocycles. The first-order chi connectivity index (χ1) is 16.5. The Morgan fingerprint density at radius 1 is 1.03 bits per heavy atom. The zero-order valence-corrected chi connectivity index (χ0v) is 18.9. The summed E-state index contributed by atoms with van der Waals surface area (Å²) in [5.74, 6) is 0.212. The van der Waals surface area contributed by atoms with Gasteiger partial charge in [-0.05, 0) is 42.8 Å². The third-order valence-electron chi connectivity index (χ3n) is 5.43. The number of nitriles is 1. The molecule has 5 rings (SSSR count). The molecular weight excluding hydrogens is 450 g/mol. The average Bonchev–Trinajstić information content (AvgIpc) is 3.38. The molecule has 0 fully saturated rings. The van der Waals surface area contributed by atoms with Gasteiger partial charge >= 0.3 is 0 Å². The molecule has 1 N–H and O–H groups in total. The molecule has 0 aliphatic heterocycles. The molecule has 0 aliphatic carbocycles. The molecule has 0 unspecified atom stereocenters. The van der Waals surface area contributed by atoms with Crippen LogP contribution < -0.4 is 0 Å². The van der Waals surface area contributed by atoms with Gasteiger partial charge in [-0.15, -0.1) is 10.2 Å². The van der Waals surface area contributed by atoms with E-state index < -0.39 is 0 Å². The fourth-order valence-corrected chi connectivity index (χ4v) is 3.80. The standard InChI is InChI=1S/C26H18ClN5O2/c1-16-6-10-18(11-7-16)24-29-21(14-28)25(34-24)31-30-23-20-4-2-3-5-22(20)32(26(23)33)15-17-8-12-19(27)13-9-17/h2-13,33H,15H2,1H3. The van der Waals surface area contributed by atoms with Crippen molar-refractivity contribution in [1.29, 1.82) is 5.26 Å². The molecule has 8 heteroatoms. The lowest BCUT2D eigenvalue weighted by Gasteiger charge is -2.07. The fourth-order valence-electron chi connectivity index (χ4n) is 3.67. The van der Waals surface area contributed by atoms with Gasteiger partial charge in [0.15, 0.2) is 5.69 Å². The van der Waals surface area contributed by atoms with E-state index >= 15 is 0 Å². The maximum Gasteiger partial charge on any atom is 0.277 e. The van der Waals surface area contributed by atoms with Crippen molar-refractivity contribution < 1.29 is 9.52 Å². The van der Waals surface area contributed by atoms with Crippen LogP contribution in [0.5, 0.6) is 5.88 Å². The van der Waals surface area contributed by atoms with Crippen molar-refractivity contribution in [3.05, 3.63) is 94.6 Å². The van der Waals surface area contributed by atoms with Crippen LogP contribution in [-0.2, 0) is 6.54 Å². The number of nitrogens with zero attached hydrogens (tertiary/aromatic N) is 5. The molecule has 0 aliphatic rings. The summed E-state index contributed by atoms with van der Waals surface area (Å²) < 4.78 is 7.47. The highest BCUT2D eigenvalue weighted by Gasteiger charge is 2.18. The second kappa shape index (κ2) is 8.85. The lowest BCUT2D eigenvalue weighted by atomic mass is 10.1. The maximum absolute atomic E-state index is 11.0. The third-order valence-corrected chi connectivity index (χ3v) is 5.68. The highest BCUT2D eigenvalue weighted by molar-refractivity contribution is 6.30. The summed E-state index contributed by atoms with van der Waals surface area (Å²) in [5.41, 5.74) is 3.88. The highest BCUT2D eigenvalue weighted by Crippen LogP contribution is 2.40. The molecule has 2 heterocycles. The van der Waals surface area contributed by atoms with E-state index in [1.165, 1.54) is 0 Å². The predicted octanol–water partition coefficient (Wildman–Crippen LogP) is 7.30. The minimum Gasteiger partial charge on any atom is -0.493 e. The average molecular weight is 468 g/mol. The zero-order valence-electron chi connectivity index (χ0n) is 18.1. The summed E-state index contributed by atoms with van der Waals surface area (Å²) >= 11 is 6.00. The zero-order chi connectivity index (χ0) is 23.7. The molecule has 0 atom stereocenters. The summed E-state index contributed by atoms with van der Waals surface area (Å²) in [6, 6.07) is 24.5. The number of benzene rings is 3. The molecular formula is C26H18ClN5O2. The van der Waals surface area contributed by atoms with E-state index in [9.17, 15) is 10.4 Å². The van der Waals surface area contributed by atoms with Gasteiger partial charge in [0, 0.05) is 16.0 Å². The van der Waals surface area contributed by atoms with Crippen LogP contribution in [0.25, 0.3) is 22.4 Å². The van der Waals surface area contributed by atoms with Crippen LogP contribution in [0.1, 0.15) is 16.8 Å². The lowest BCUT2D eigenvalue weighted by Crippen LogP contribution is -1.98. The maximum atomic E-state index is 11.0. The minimum absolute atomic E-state index is 0.0173. The quantitative estimate of drug-likeness (QED) is 0.274. The SMILES string of the molecule is Cc1ccc(-c2nc(C#N)c(N=Nc3c(O)n(Cc4ccc(Cl)cc4)c4ccccc34)o2)cc1. The van der Waals surface area contributed by atoms with Crippen molar-refractivity contribution in [3.8, 4) is 23.4 Å². The first kappa shape index (κ1) is 21.4. The van der Waals surface area contributed by atoms with Crippen LogP contribution in [0.2, 0.25) is 5.02 Å². The van der Waals surface area contributed by atoms with Gasteiger partial charge in [0.25, 0.3) is 5.88 Å². The molecule has 5 aromatic rings. The molecule has 0 bridgehead atoms. The number of hydrogen-bond donors (Lipinski definition) is 1. The van der Waals surface area contributed by atoms with E-state index in [0.717, 1.165) is 27.6 Å². The second-order valence-corrected chi connectivity index (χ2v) is 8.19. The summed E-state index contributed by atoms with van der Waals surface area (Å²) in [5, 5.41) is 30.3. The highest BCUT2D eigenvalue weighted by atomic mass is 35.5. The van der Waals surface area contributed by atoms with E-state index in [4.69, 9.17) is 16.0 Å². The van der Waals surface area contributed by atoms with Gasteiger partial charge in [-0.3, -0.25) is 0 Å². The van der Waals surface area contributed by atoms with Crippen LogP contribution in [0.3, 0.4) is 0 Å². The largest absolute Gasteiger partial charge is 0.493 e. The first-order valence-corrected chi connectivity index (χ1v) is 10.9. The van der Waals surface area contributed by atoms with Gasteiger partial charge in [0.05, 0.1) is 12.1 Å². The number of hydrogen-bond acceptors (Lipinski definition) is 6. The molecule has 0 saturated carbocycles. The normalized spacial score (nSPS) is 11.3. The Hall–Kier alpha value is -4.41. The topological polar surface area (TPSA) is 99.7 Å². The lowest BCUT2D eigenvalue weighted by molar-refractivity contribution is 0.429. The number of aromatic hydroxyl groups is 1. The molecule has 0 amide bonds. The Morgan fingerprint density at radius 3 is 2.50 bits per heavy atom. The van der Waals surface area contributed by atoms with E-state index in [1.54, 1.807) is 16.7 Å². The third kappa shape index (κ3) is 4.03. The van der Waals surface area contributed by atoms with Crippen LogP contribution >= 0.6 is 11.6 Å². The Bertz CT molecular complexity index is 1560. The van der Waals surface area contributed by atoms with Gasteiger partial charge in [-0.2, -0.15) is 10.2 Å². The van der Waals surface area contributed by atoms with Gasteiger partial charge in [-0.25, -0.2) is 0 Å². The van der Waals surface area contributed by atoms with E-state index in [-0.39, 0.29) is 29.0 Å². The van der Waals surface area contributed by atoms with E-state index in [0.29, 0.717) is 11.6 Å². The second-order valence-electron chi connectivity index (χ2n) is 7.75. The molecule has 0 radical (unpaired) electrons. The number of rotatable bonds is 5. The molecule has 3 aromatic carbocycles. The van der Waals surface area contributed by atoms with Gasteiger partial charge in [-0.1, -0.05) is 59.6 Å². The number of azo groups is 1. The van der Waals surface area contributed by atoms with Gasteiger partial charge in [0.2, 0.25) is 17.5 Å². The number of aryl methyl sites for hydroxylation is 1. The van der Waals surface area contributed by atoms with Crippen molar-refractivity contribution >= 4 is 34.1 Å². The molecule has 166 valence electrons. The molecule has 0 spiro atoms. The fraction of sp³-hybridized carbons (Fsp3) is 0.0769. The molecule has 0 saturated heterocycles. The van der Waals surface area contributed by atoms with Gasteiger partial charge < -0.3 is 14.1 Å². The van der Waals surface area contributed by atoms with E-state index in [2.05, 4.69) is 15.2 Å². The van der Waals surface area contributed by atoms with E-state index in [1.807, 2.05) is 73.7 Å². The number of fused-ring (bicyclic) bond motifs is 1. The van der Waals surface area contributed by atoms with Crippen LogP contribution in [-0.4, -0.2) is 14.7 Å². The first-order valence-electron chi connectivity index (χ1n) is 10.5. The smallest absolute Gasteiger partial charge is 0.277 e.